The van der Waals surface area contributed by atoms with Crippen LogP contribution < -0.4 is 4.74 Å². The molecule has 0 radical (unpaired) electrons. The Balaban J connectivity index is 1.56. The highest BCUT2D eigenvalue weighted by Crippen LogP contribution is 2.44. The van der Waals surface area contributed by atoms with Crippen molar-refractivity contribution in [3.63, 3.8) is 0 Å². The highest BCUT2D eigenvalue weighted by Gasteiger charge is 2.48. The van der Waals surface area contributed by atoms with Gasteiger partial charge in [-0.25, -0.2) is 0 Å². The molecule has 1 saturated heterocycles. The van der Waals surface area contributed by atoms with Gasteiger partial charge in [0.15, 0.2) is 11.7 Å². The molecule has 0 aliphatic carbocycles. The van der Waals surface area contributed by atoms with Gasteiger partial charge in [-0.3, -0.25) is 9.59 Å². The molecule has 6 nitrogen and oxygen atoms in total. The number of aryl methyl sites for hydroxylation is 1. The summed E-state index contributed by atoms with van der Waals surface area (Å²) in [6.07, 6.45) is 1.78. The van der Waals surface area contributed by atoms with Gasteiger partial charge in [-0.1, -0.05) is 71.2 Å². The Kier molecular flexibility index (Phi) is 6.65. The number of carbonyl (C=O) groups is 2. The Labute approximate surface area is 224 Å². The van der Waals surface area contributed by atoms with Crippen molar-refractivity contribution in [3.05, 3.63) is 99.2 Å². The van der Waals surface area contributed by atoms with E-state index in [4.69, 9.17) is 37.4 Å². The first kappa shape index (κ1) is 25.2. The number of halogens is 2. The molecule has 1 fully saturated rings. The van der Waals surface area contributed by atoms with E-state index in [-0.39, 0.29) is 16.7 Å². The van der Waals surface area contributed by atoms with Crippen molar-refractivity contribution >= 4 is 46.0 Å². The van der Waals surface area contributed by atoms with Crippen LogP contribution in [-0.4, -0.2) is 22.7 Å². The summed E-state index contributed by atoms with van der Waals surface area (Å²) < 4.78 is 16.9. The Bertz CT molecular complexity index is 1450. The number of aromatic amines is 1. The molecule has 1 aliphatic rings. The zero-order chi connectivity index (χ0) is 26.3. The fourth-order valence-corrected chi connectivity index (χ4v) is 5.25. The maximum atomic E-state index is 13.2. The number of nitrogens with one attached hydrogen (secondary N) is 1. The maximum absolute atomic E-state index is 13.2. The number of aromatic nitrogens is 1. The normalized spacial score (nSPS) is 16.4. The van der Waals surface area contributed by atoms with E-state index in [0.29, 0.717) is 11.3 Å². The predicted octanol–water partition coefficient (Wildman–Crippen LogP) is 6.95. The predicted molar refractivity (Wildman–Crippen MR) is 142 cm³/mol. The van der Waals surface area contributed by atoms with Crippen LogP contribution in [0.15, 0.2) is 66.9 Å². The summed E-state index contributed by atoms with van der Waals surface area (Å²) in [6, 6.07) is 18.9. The quantitative estimate of drug-likeness (QED) is 0.213. The SMILES string of the molecule is Cc1ccc(COc2c(Cl)cc([C@H](c3c[nH]c4ccccc34)C3C(=O)OC(C)(C)OC3=O)cc2Cl)cc1. The lowest BCUT2D eigenvalue weighted by Gasteiger charge is -2.36. The molecule has 0 bridgehead atoms. The number of hydrogen-bond acceptors (Lipinski definition) is 5. The number of hydrogen-bond donors (Lipinski definition) is 1. The number of fused-ring (bicyclic) bond motifs is 1. The molecular formula is C29H25Cl2NO5. The number of rotatable bonds is 6. The van der Waals surface area contributed by atoms with Crippen LogP contribution in [0.5, 0.6) is 5.75 Å². The van der Waals surface area contributed by atoms with Crippen LogP contribution in [0.1, 0.15) is 42.0 Å². The van der Waals surface area contributed by atoms with Crippen molar-refractivity contribution in [1.29, 1.82) is 0 Å². The van der Waals surface area contributed by atoms with Gasteiger partial charge in [-0.2, -0.15) is 0 Å². The second-order valence-electron chi connectivity index (χ2n) is 9.57. The highest BCUT2D eigenvalue weighted by atomic mass is 35.5. The molecule has 4 aromatic rings. The molecule has 0 amide bonds. The molecule has 0 saturated carbocycles. The van der Waals surface area contributed by atoms with Crippen molar-refractivity contribution in [2.75, 3.05) is 0 Å². The Morgan fingerprint density at radius 2 is 1.59 bits per heavy atom. The monoisotopic (exact) mass is 537 g/mol. The third-order valence-corrected chi connectivity index (χ3v) is 6.94. The molecule has 37 heavy (non-hydrogen) atoms. The maximum Gasteiger partial charge on any atom is 0.324 e. The van der Waals surface area contributed by atoms with E-state index >= 15 is 0 Å². The first-order valence-electron chi connectivity index (χ1n) is 11.8. The minimum absolute atomic E-state index is 0.261. The average Bonchev–Trinajstić information content (AvgIpc) is 3.25. The molecule has 190 valence electrons. The number of para-hydroxylation sites is 1. The zero-order valence-electron chi connectivity index (χ0n) is 20.5. The molecule has 0 spiro atoms. The largest absolute Gasteiger partial charge is 0.486 e. The van der Waals surface area contributed by atoms with Gasteiger partial charge in [-0.05, 0) is 41.8 Å². The second kappa shape index (κ2) is 9.77. The number of benzene rings is 3. The van der Waals surface area contributed by atoms with E-state index in [1.807, 2.05) is 55.5 Å². The van der Waals surface area contributed by atoms with Crippen molar-refractivity contribution in [2.24, 2.45) is 5.92 Å². The topological polar surface area (TPSA) is 77.6 Å². The average molecular weight is 538 g/mol. The smallest absolute Gasteiger partial charge is 0.324 e. The lowest BCUT2D eigenvalue weighted by atomic mass is 9.80. The van der Waals surface area contributed by atoms with Crippen LogP contribution in [0.3, 0.4) is 0 Å². The van der Waals surface area contributed by atoms with E-state index < -0.39 is 29.6 Å². The number of esters is 2. The highest BCUT2D eigenvalue weighted by molar-refractivity contribution is 6.37. The van der Waals surface area contributed by atoms with Gasteiger partial charge in [0.1, 0.15) is 6.61 Å². The summed E-state index contributed by atoms with van der Waals surface area (Å²) in [5, 5.41) is 1.37. The third-order valence-electron chi connectivity index (χ3n) is 6.37. The van der Waals surface area contributed by atoms with Crippen LogP contribution in [-0.2, 0) is 25.7 Å². The van der Waals surface area contributed by atoms with Gasteiger partial charge in [-0.15, -0.1) is 0 Å². The van der Waals surface area contributed by atoms with E-state index in [1.54, 1.807) is 18.3 Å². The van der Waals surface area contributed by atoms with E-state index in [0.717, 1.165) is 27.6 Å². The summed E-state index contributed by atoms with van der Waals surface area (Å²) in [4.78, 5) is 29.5. The van der Waals surface area contributed by atoms with Crippen LogP contribution in [0, 0.1) is 12.8 Å². The summed E-state index contributed by atoms with van der Waals surface area (Å²) in [5.74, 6) is -4.41. The summed E-state index contributed by atoms with van der Waals surface area (Å²) in [7, 11) is 0. The van der Waals surface area contributed by atoms with Gasteiger partial charge < -0.3 is 19.2 Å². The molecule has 5 rings (SSSR count). The zero-order valence-corrected chi connectivity index (χ0v) is 22.0. The number of carbonyl (C=O) groups excluding carboxylic acids is 2. The lowest BCUT2D eigenvalue weighted by Crippen LogP contribution is -2.48. The Hall–Kier alpha value is -3.48. The van der Waals surface area contributed by atoms with E-state index in [1.165, 1.54) is 13.8 Å². The molecule has 3 aromatic carbocycles. The minimum Gasteiger partial charge on any atom is -0.486 e. The molecule has 1 aromatic heterocycles. The summed E-state index contributed by atoms with van der Waals surface area (Å²) >= 11 is 13.3. The van der Waals surface area contributed by atoms with Gasteiger partial charge >= 0.3 is 11.9 Å². The van der Waals surface area contributed by atoms with E-state index in [2.05, 4.69) is 4.98 Å². The van der Waals surface area contributed by atoms with Crippen LogP contribution >= 0.6 is 23.2 Å². The molecule has 0 unspecified atom stereocenters. The van der Waals surface area contributed by atoms with Crippen LogP contribution in [0.4, 0.5) is 0 Å². The number of H-pyrrole nitrogens is 1. The van der Waals surface area contributed by atoms with Gasteiger partial charge in [0.2, 0.25) is 0 Å². The van der Waals surface area contributed by atoms with Crippen molar-refractivity contribution in [1.82, 2.24) is 4.98 Å². The minimum atomic E-state index is -1.35. The first-order valence-corrected chi connectivity index (χ1v) is 12.6. The fourth-order valence-electron chi connectivity index (χ4n) is 4.64. The van der Waals surface area contributed by atoms with E-state index in [9.17, 15) is 9.59 Å². The lowest BCUT2D eigenvalue weighted by molar-refractivity contribution is -0.240. The van der Waals surface area contributed by atoms with Crippen molar-refractivity contribution in [3.8, 4) is 5.75 Å². The Morgan fingerprint density at radius 1 is 0.973 bits per heavy atom. The fraction of sp³-hybridized carbons (Fsp3) is 0.241. The summed E-state index contributed by atoms with van der Waals surface area (Å²) in [5.41, 5.74) is 4.25. The van der Waals surface area contributed by atoms with Gasteiger partial charge in [0.25, 0.3) is 5.79 Å². The number of ether oxygens (including phenoxy) is 3. The van der Waals surface area contributed by atoms with Gasteiger partial charge in [0.05, 0.1) is 10.0 Å². The standard InChI is InChI=1S/C29H25Cl2NO5/c1-16-8-10-17(11-9-16)15-35-26-21(30)12-18(13-22(26)31)24(20-14-32-23-7-5-4-6-19(20)23)25-27(33)36-29(2,3)37-28(25)34/h4-14,24-25,32H,15H2,1-3H3/t24-/m1/s1. The first-order chi connectivity index (χ1) is 17.6. The van der Waals surface area contributed by atoms with Crippen LogP contribution in [0.2, 0.25) is 10.0 Å². The molecule has 1 aliphatic heterocycles. The molecular weight excluding hydrogens is 513 g/mol. The molecule has 1 N–H and O–H groups in total. The molecule has 2 heterocycles. The number of cyclic esters (lactones) is 2. The van der Waals surface area contributed by atoms with Crippen molar-refractivity contribution in [2.45, 2.75) is 39.1 Å². The Morgan fingerprint density at radius 3 is 2.24 bits per heavy atom. The third kappa shape index (κ3) is 5.04. The van der Waals surface area contributed by atoms with Crippen LogP contribution in [0.25, 0.3) is 10.9 Å². The summed E-state index contributed by atoms with van der Waals surface area (Å²) in [6.45, 7) is 5.34. The van der Waals surface area contributed by atoms with Gasteiger partial charge in [0, 0.05) is 36.9 Å². The van der Waals surface area contributed by atoms with Crippen molar-refractivity contribution < 1.29 is 23.8 Å². The molecule has 1 atom stereocenters. The molecule has 8 heteroatoms. The second-order valence-corrected chi connectivity index (χ2v) is 10.4.